The van der Waals surface area contributed by atoms with Crippen LogP contribution in [-0.4, -0.2) is 32.4 Å². The summed E-state index contributed by atoms with van der Waals surface area (Å²) in [6, 6.07) is 6.16. The molecule has 0 unspecified atom stereocenters. The van der Waals surface area contributed by atoms with Gasteiger partial charge in [-0.05, 0) is 38.5 Å². The van der Waals surface area contributed by atoms with Crippen LogP contribution in [0.25, 0.3) is 0 Å². The Morgan fingerprint density at radius 1 is 1.37 bits per heavy atom. The lowest BCUT2D eigenvalue weighted by Gasteiger charge is -2.19. The number of carbonyl (C=O) groups is 1. The zero-order valence-corrected chi connectivity index (χ0v) is 12.0. The highest BCUT2D eigenvalue weighted by molar-refractivity contribution is 7.90. The fourth-order valence-electron chi connectivity index (χ4n) is 1.33. The van der Waals surface area contributed by atoms with Gasteiger partial charge in [-0.15, -0.1) is 0 Å². The van der Waals surface area contributed by atoms with Gasteiger partial charge in [-0.2, -0.15) is 0 Å². The van der Waals surface area contributed by atoms with Crippen LogP contribution >= 0.6 is 0 Å². The summed E-state index contributed by atoms with van der Waals surface area (Å²) in [5, 5.41) is 8.95. The van der Waals surface area contributed by atoms with Crippen molar-refractivity contribution in [3.8, 4) is 5.75 Å². The molecule has 0 heterocycles. The van der Waals surface area contributed by atoms with Crippen molar-refractivity contribution >= 4 is 15.8 Å². The molecule has 0 atom stereocenters. The maximum absolute atomic E-state index is 11.4. The lowest BCUT2D eigenvalue weighted by atomic mass is 9.90. The van der Waals surface area contributed by atoms with Gasteiger partial charge in [0, 0.05) is 6.26 Å². The normalized spacial score (nSPS) is 12.2. The average molecular weight is 286 g/mol. The second-order valence-corrected chi connectivity index (χ2v) is 7.05. The summed E-state index contributed by atoms with van der Waals surface area (Å²) in [7, 11) is -3.27. The van der Waals surface area contributed by atoms with Crippen molar-refractivity contribution in [2.45, 2.75) is 25.2 Å². The number of carboxylic acid groups (broad SMARTS) is 1. The fraction of sp³-hybridized carbons (Fsp3) is 0.462. The standard InChI is InChI=1S/C13H18O5S/c1-13(2,12(14)15)7-8-18-10-5-4-6-11(9-10)19(3,16)17/h4-6,9H,7-8H2,1-3H3,(H,14,15). The van der Waals surface area contributed by atoms with Gasteiger partial charge < -0.3 is 9.84 Å². The molecule has 0 aliphatic rings. The van der Waals surface area contributed by atoms with Crippen LogP contribution < -0.4 is 4.74 Å². The second kappa shape index (κ2) is 5.61. The minimum absolute atomic E-state index is 0.183. The topological polar surface area (TPSA) is 80.7 Å². The molecule has 0 aliphatic carbocycles. The predicted molar refractivity (Wildman–Crippen MR) is 71.1 cm³/mol. The minimum atomic E-state index is -3.27. The first-order chi connectivity index (χ1) is 8.63. The predicted octanol–water partition coefficient (Wildman–Crippen LogP) is 1.97. The summed E-state index contributed by atoms with van der Waals surface area (Å²) in [5.41, 5.74) is -0.867. The van der Waals surface area contributed by atoms with E-state index >= 15 is 0 Å². The molecule has 1 aromatic carbocycles. The Bertz CT molecular complexity index is 560. The highest BCUT2D eigenvalue weighted by Gasteiger charge is 2.26. The van der Waals surface area contributed by atoms with E-state index < -0.39 is 21.2 Å². The third kappa shape index (κ3) is 4.55. The molecule has 1 rings (SSSR count). The summed E-state index contributed by atoms with van der Waals surface area (Å²) >= 11 is 0. The molecular formula is C13H18O5S. The molecule has 0 spiro atoms. The van der Waals surface area contributed by atoms with E-state index in [2.05, 4.69) is 0 Å². The number of ether oxygens (including phenoxy) is 1. The molecule has 1 N–H and O–H groups in total. The summed E-state index contributed by atoms with van der Waals surface area (Å²) in [6.45, 7) is 3.45. The van der Waals surface area contributed by atoms with Crippen LogP contribution in [0.15, 0.2) is 29.2 Å². The summed E-state index contributed by atoms with van der Waals surface area (Å²) in [6.07, 6.45) is 1.46. The maximum atomic E-state index is 11.4. The van der Waals surface area contributed by atoms with Gasteiger partial charge in [-0.1, -0.05) is 6.07 Å². The molecule has 0 fully saturated rings. The van der Waals surface area contributed by atoms with Crippen LogP contribution in [0.3, 0.4) is 0 Å². The van der Waals surface area contributed by atoms with Crippen molar-refractivity contribution in [3.05, 3.63) is 24.3 Å². The quantitative estimate of drug-likeness (QED) is 0.864. The van der Waals surface area contributed by atoms with Gasteiger partial charge >= 0.3 is 5.97 Å². The van der Waals surface area contributed by atoms with Crippen molar-refractivity contribution in [1.82, 2.24) is 0 Å². The zero-order chi connectivity index (χ0) is 14.7. The molecule has 0 saturated carbocycles. The molecular weight excluding hydrogens is 268 g/mol. The van der Waals surface area contributed by atoms with Crippen molar-refractivity contribution in [2.75, 3.05) is 12.9 Å². The Morgan fingerprint density at radius 2 is 2.00 bits per heavy atom. The van der Waals surface area contributed by atoms with Crippen LogP contribution in [0.5, 0.6) is 5.75 Å². The van der Waals surface area contributed by atoms with Gasteiger partial charge in [0.1, 0.15) is 5.75 Å². The van der Waals surface area contributed by atoms with Crippen molar-refractivity contribution in [3.63, 3.8) is 0 Å². The molecule has 1 aromatic rings. The molecule has 106 valence electrons. The van der Waals surface area contributed by atoms with Gasteiger partial charge in [0.2, 0.25) is 0 Å². The first-order valence-corrected chi connectivity index (χ1v) is 7.68. The van der Waals surface area contributed by atoms with E-state index in [9.17, 15) is 13.2 Å². The van der Waals surface area contributed by atoms with E-state index in [4.69, 9.17) is 9.84 Å². The van der Waals surface area contributed by atoms with E-state index in [1.165, 1.54) is 12.1 Å². The van der Waals surface area contributed by atoms with Gasteiger partial charge in [-0.25, -0.2) is 8.42 Å². The number of aliphatic carboxylic acids is 1. The third-order valence-electron chi connectivity index (χ3n) is 2.81. The van der Waals surface area contributed by atoms with E-state index in [0.717, 1.165) is 6.26 Å². The number of hydrogen-bond acceptors (Lipinski definition) is 4. The van der Waals surface area contributed by atoms with Crippen LogP contribution in [0.4, 0.5) is 0 Å². The molecule has 0 radical (unpaired) electrons. The van der Waals surface area contributed by atoms with Crippen LogP contribution in [-0.2, 0) is 14.6 Å². The lowest BCUT2D eigenvalue weighted by molar-refractivity contribution is -0.147. The molecule has 0 bridgehead atoms. The number of hydrogen-bond donors (Lipinski definition) is 1. The largest absolute Gasteiger partial charge is 0.494 e. The highest BCUT2D eigenvalue weighted by atomic mass is 32.2. The average Bonchev–Trinajstić information content (AvgIpc) is 2.28. The summed E-state index contributed by atoms with van der Waals surface area (Å²) < 4.78 is 28.1. The third-order valence-corrected chi connectivity index (χ3v) is 3.92. The molecule has 0 amide bonds. The SMILES string of the molecule is CC(C)(CCOc1cccc(S(C)(=O)=O)c1)C(=O)O. The van der Waals surface area contributed by atoms with E-state index in [0.29, 0.717) is 12.2 Å². The lowest BCUT2D eigenvalue weighted by Crippen LogP contribution is -2.25. The molecule has 5 nitrogen and oxygen atoms in total. The van der Waals surface area contributed by atoms with E-state index in [1.54, 1.807) is 26.0 Å². The van der Waals surface area contributed by atoms with Crippen molar-refractivity contribution in [2.24, 2.45) is 5.41 Å². The number of benzene rings is 1. The minimum Gasteiger partial charge on any atom is -0.494 e. The zero-order valence-electron chi connectivity index (χ0n) is 11.2. The van der Waals surface area contributed by atoms with Gasteiger partial charge in [0.25, 0.3) is 0 Å². The van der Waals surface area contributed by atoms with Gasteiger partial charge in [-0.3, -0.25) is 4.79 Å². The van der Waals surface area contributed by atoms with Gasteiger partial charge in [0.15, 0.2) is 9.84 Å². The Hall–Kier alpha value is -1.56. The fourth-order valence-corrected chi connectivity index (χ4v) is 1.98. The number of sulfone groups is 1. The highest BCUT2D eigenvalue weighted by Crippen LogP contribution is 2.22. The Balaban J connectivity index is 2.67. The first kappa shape index (κ1) is 15.5. The molecule has 0 saturated heterocycles. The monoisotopic (exact) mass is 286 g/mol. The van der Waals surface area contributed by atoms with Crippen molar-refractivity contribution in [1.29, 1.82) is 0 Å². The Kier molecular flexibility index (Phi) is 4.57. The van der Waals surface area contributed by atoms with Crippen molar-refractivity contribution < 1.29 is 23.1 Å². The maximum Gasteiger partial charge on any atom is 0.309 e. The smallest absolute Gasteiger partial charge is 0.309 e. The van der Waals surface area contributed by atoms with E-state index in [1.807, 2.05) is 0 Å². The van der Waals surface area contributed by atoms with Gasteiger partial charge in [0.05, 0.1) is 16.9 Å². The van der Waals surface area contributed by atoms with Crippen LogP contribution in [0, 0.1) is 5.41 Å². The number of rotatable bonds is 6. The van der Waals surface area contributed by atoms with Crippen LogP contribution in [0.2, 0.25) is 0 Å². The Morgan fingerprint density at radius 3 is 2.53 bits per heavy atom. The van der Waals surface area contributed by atoms with Crippen LogP contribution in [0.1, 0.15) is 20.3 Å². The summed E-state index contributed by atoms with van der Waals surface area (Å²) in [4.78, 5) is 11.1. The number of carboxylic acids is 1. The molecule has 6 heteroatoms. The Labute approximate surface area is 113 Å². The molecule has 0 aliphatic heterocycles. The second-order valence-electron chi connectivity index (χ2n) is 5.03. The molecule has 0 aromatic heterocycles. The summed E-state index contributed by atoms with van der Waals surface area (Å²) in [5.74, 6) is -0.467. The first-order valence-electron chi connectivity index (χ1n) is 5.79. The van der Waals surface area contributed by atoms with E-state index in [-0.39, 0.29) is 11.5 Å². The molecule has 19 heavy (non-hydrogen) atoms.